The van der Waals surface area contributed by atoms with Gasteiger partial charge >= 0.3 is 0 Å². The van der Waals surface area contributed by atoms with Crippen molar-refractivity contribution in [2.24, 2.45) is 0 Å². The van der Waals surface area contributed by atoms with Gasteiger partial charge in [0.05, 0.1) is 5.69 Å². The van der Waals surface area contributed by atoms with Crippen LogP contribution >= 0.6 is 0 Å². The van der Waals surface area contributed by atoms with Crippen LogP contribution in [-0.4, -0.2) is 0 Å². The van der Waals surface area contributed by atoms with E-state index in [-0.39, 0.29) is 0 Å². The summed E-state index contributed by atoms with van der Waals surface area (Å²) in [6.07, 6.45) is 0. The molecule has 0 heterocycles. The third-order valence-electron chi connectivity index (χ3n) is 13.2. The van der Waals surface area contributed by atoms with Crippen molar-refractivity contribution in [2.45, 2.75) is 0 Å². The topological polar surface area (TPSA) is 3.24 Å². The highest BCUT2D eigenvalue weighted by Gasteiger charge is 2.24. The van der Waals surface area contributed by atoms with Gasteiger partial charge in [-0.15, -0.1) is 0 Å². The maximum atomic E-state index is 2.42. The Morgan fingerprint density at radius 2 is 0.597 bits per heavy atom. The number of nitrogens with zero attached hydrogens (tertiary/aromatic N) is 1. The van der Waals surface area contributed by atoms with E-state index in [2.05, 4.69) is 278 Å². The molecular weight excluding hydrogens is 807 g/mol. The van der Waals surface area contributed by atoms with Crippen LogP contribution in [0.1, 0.15) is 0 Å². The summed E-state index contributed by atoms with van der Waals surface area (Å²) in [5.41, 5.74) is 17.7. The van der Waals surface area contributed by atoms with Gasteiger partial charge in [0.15, 0.2) is 0 Å². The lowest BCUT2D eigenvalue weighted by Crippen LogP contribution is -2.10. The molecule has 0 saturated carbocycles. The fraction of sp³-hybridized carbons (Fsp3) is 0. The molecule has 0 spiro atoms. The lowest BCUT2D eigenvalue weighted by molar-refractivity contribution is 1.30. The van der Waals surface area contributed by atoms with Crippen molar-refractivity contribution in [3.63, 3.8) is 0 Å². The summed E-state index contributed by atoms with van der Waals surface area (Å²) in [5, 5.41) is 7.34. The van der Waals surface area contributed by atoms with Crippen LogP contribution < -0.4 is 4.90 Å². The van der Waals surface area contributed by atoms with E-state index in [1.54, 1.807) is 0 Å². The average molecular weight is 852 g/mol. The Hall–Kier alpha value is -8.78. The molecule has 0 aliphatic heterocycles. The Labute approximate surface area is 392 Å². The molecule has 0 bridgehead atoms. The van der Waals surface area contributed by atoms with E-state index in [0.29, 0.717) is 0 Å². The number of hydrogen-bond donors (Lipinski definition) is 0. The van der Waals surface area contributed by atoms with Crippen LogP contribution in [0.25, 0.3) is 99.1 Å². The summed E-state index contributed by atoms with van der Waals surface area (Å²) in [5.74, 6) is 0. The summed E-state index contributed by atoms with van der Waals surface area (Å²) in [7, 11) is 0. The quantitative estimate of drug-likeness (QED) is 0.140. The van der Waals surface area contributed by atoms with Crippen LogP contribution in [0.3, 0.4) is 0 Å². The minimum Gasteiger partial charge on any atom is -0.310 e. The van der Waals surface area contributed by atoms with Gasteiger partial charge in [0.25, 0.3) is 0 Å². The van der Waals surface area contributed by atoms with Gasteiger partial charge in [0, 0.05) is 16.8 Å². The second kappa shape index (κ2) is 17.3. The summed E-state index contributed by atoms with van der Waals surface area (Å²) in [6.45, 7) is 0. The minimum absolute atomic E-state index is 1.09. The third-order valence-corrected chi connectivity index (χ3v) is 13.2. The van der Waals surface area contributed by atoms with E-state index in [9.17, 15) is 0 Å². The number of hydrogen-bond acceptors (Lipinski definition) is 1. The zero-order chi connectivity index (χ0) is 44.5. The third kappa shape index (κ3) is 7.43. The van der Waals surface area contributed by atoms with Gasteiger partial charge in [-0.1, -0.05) is 231 Å². The summed E-state index contributed by atoms with van der Waals surface area (Å²) in [6, 6.07) is 99.5. The second-order valence-corrected chi connectivity index (χ2v) is 17.2. The zero-order valence-electron chi connectivity index (χ0n) is 36.9. The highest BCUT2D eigenvalue weighted by molar-refractivity contribution is 6.19. The molecule has 0 aliphatic rings. The molecule has 1 heteroatoms. The first-order valence-electron chi connectivity index (χ1n) is 23.1. The van der Waals surface area contributed by atoms with E-state index in [1.165, 1.54) is 88.0 Å². The first kappa shape index (κ1) is 39.8. The van der Waals surface area contributed by atoms with E-state index in [0.717, 1.165) is 28.2 Å². The van der Waals surface area contributed by atoms with Crippen molar-refractivity contribution in [1.82, 2.24) is 0 Å². The van der Waals surface area contributed by atoms with Gasteiger partial charge in [0.2, 0.25) is 0 Å². The van der Waals surface area contributed by atoms with Crippen molar-refractivity contribution in [2.75, 3.05) is 4.90 Å². The molecule has 0 aromatic heterocycles. The van der Waals surface area contributed by atoms with Crippen molar-refractivity contribution >= 4 is 49.4 Å². The van der Waals surface area contributed by atoms with E-state index in [4.69, 9.17) is 0 Å². The normalized spacial score (nSPS) is 11.3. The molecule has 12 aromatic carbocycles. The largest absolute Gasteiger partial charge is 0.310 e. The zero-order valence-corrected chi connectivity index (χ0v) is 36.9. The van der Waals surface area contributed by atoms with Crippen LogP contribution in [0.4, 0.5) is 17.1 Å². The smallest absolute Gasteiger partial charge is 0.0540 e. The molecule has 0 N–H and O–H groups in total. The van der Waals surface area contributed by atoms with Crippen molar-refractivity contribution in [3.8, 4) is 66.8 Å². The Bertz CT molecular complexity index is 3690. The molecule has 314 valence electrons. The predicted octanol–water partition coefficient (Wildman–Crippen LogP) is 18.6. The van der Waals surface area contributed by atoms with E-state index in [1.807, 2.05) is 0 Å². The second-order valence-electron chi connectivity index (χ2n) is 17.2. The minimum atomic E-state index is 1.09. The maximum absolute atomic E-state index is 2.42. The van der Waals surface area contributed by atoms with Crippen molar-refractivity contribution < 1.29 is 0 Å². The summed E-state index contributed by atoms with van der Waals surface area (Å²) >= 11 is 0. The molecule has 12 rings (SSSR count). The van der Waals surface area contributed by atoms with Crippen LogP contribution in [0.15, 0.2) is 273 Å². The summed E-state index contributed by atoms with van der Waals surface area (Å²) in [4.78, 5) is 2.40. The van der Waals surface area contributed by atoms with Crippen LogP contribution in [0, 0.1) is 0 Å². The van der Waals surface area contributed by atoms with Gasteiger partial charge in [-0.3, -0.25) is 0 Å². The standard InChI is InChI=1S/C66H45N/c1-5-20-50(21-6-1)63-60-43-38-56(45-61(60)64(51-22-7-2-8-23-51)66(53-26-11-4-12-27-53)65(63)52-24-9-3-10-25-52)48-36-41-58(42-37-48)67(62-31-17-29-49-19-15-16-30-59(49)62)57-39-34-47(35-40-57)55-33-32-46-18-13-14-28-54(46)44-55/h1-45H. The molecule has 0 aliphatic carbocycles. The Morgan fingerprint density at radius 3 is 1.15 bits per heavy atom. The molecule has 0 fully saturated rings. The Morgan fingerprint density at radius 1 is 0.194 bits per heavy atom. The van der Waals surface area contributed by atoms with Gasteiger partial charge in [0.1, 0.15) is 0 Å². The van der Waals surface area contributed by atoms with Crippen molar-refractivity contribution in [3.05, 3.63) is 273 Å². The van der Waals surface area contributed by atoms with Gasteiger partial charge in [-0.25, -0.2) is 0 Å². The molecule has 0 saturated heterocycles. The van der Waals surface area contributed by atoms with E-state index >= 15 is 0 Å². The maximum Gasteiger partial charge on any atom is 0.0540 e. The van der Waals surface area contributed by atoms with E-state index < -0.39 is 0 Å². The molecule has 12 aromatic rings. The number of rotatable bonds is 9. The fourth-order valence-corrected chi connectivity index (χ4v) is 10.1. The molecule has 0 amide bonds. The first-order valence-corrected chi connectivity index (χ1v) is 23.1. The molecule has 0 atom stereocenters. The molecule has 1 nitrogen and oxygen atoms in total. The lowest BCUT2D eigenvalue weighted by Gasteiger charge is -2.27. The van der Waals surface area contributed by atoms with Gasteiger partial charge in [-0.2, -0.15) is 0 Å². The predicted molar refractivity (Wildman–Crippen MR) is 286 cm³/mol. The molecule has 0 radical (unpaired) electrons. The van der Waals surface area contributed by atoms with Crippen LogP contribution in [0.2, 0.25) is 0 Å². The average Bonchev–Trinajstić information content (AvgIpc) is 3.41. The SMILES string of the molecule is c1ccc(-c2c(-c3ccccc3)c(-c3ccccc3)c3cc(-c4ccc(N(c5ccc(-c6ccc7ccccc7c6)cc5)c5cccc6ccccc56)cc4)ccc3c2-c2ccccc2)cc1. The van der Waals surface area contributed by atoms with Gasteiger partial charge in [-0.05, 0) is 136 Å². The fourth-order valence-electron chi connectivity index (χ4n) is 10.1. The number of benzene rings is 12. The van der Waals surface area contributed by atoms with Crippen LogP contribution in [0.5, 0.6) is 0 Å². The van der Waals surface area contributed by atoms with Crippen molar-refractivity contribution in [1.29, 1.82) is 0 Å². The number of fused-ring (bicyclic) bond motifs is 3. The first-order chi connectivity index (χ1) is 33.2. The molecule has 0 unspecified atom stereocenters. The Kier molecular flexibility index (Phi) is 10.3. The monoisotopic (exact) mass is 851 g/mol. The highest BCUT2D eigenvalue weighted by Crippen LogP contribution is 2.51. The molecule has 67 heavy (non-hydrogen) atoms. The van der Waals surface area contributed by atoms with Gasteiger partial charge < -0.3 is 4.90 Å². The summed E-state index contributed by atoms with van der Waals surface area (Å²) < 4.78 is 0. The Balaban J connectivity index is 1.03. The molecular formula is C66H45N. The lowest BCUT2D eigenvalue weighted by atomic mass is 9.78. The number of anilines is 3. The van der Waals surface area contributed by atoms with Crippen LogP contribution in [-0.2, 0) is 0 Å². The highest BCUT2D eigenvalue weighted by atomic mass is 15.1.